The first-order valence-corrected chi connectivity index (χ1v) is 7.64. The fraction of sp³-hybridized carbons (Fsp3) is 0.625. The van der Waals surface area contributed by atoms with Crippen molar-refractivity contribution in [3.63, 3.8) is 0 Å². The Labute approximate surface area is 118 Å². The predicted molar refractivity (Wildman–Crippen MR) is 72.9 cm³/mol. The highest BCUT2D eigenvalue weighted by Crippen LogP contribution is 2.55. The summed E-state index contributed by atoms with van der Waals surface area (Å²) in [6.07, 6.45) is 4.58. The summed E-state index contributed by atoms with van der Waals surface area (Å²) in [5.41, 5.74) is 2.59. The first kappa shape index (κ1) is 11.4. The maximum atomic E-state index is 10.8. The quantitative estimate of drug-likeness (QED) is 0.782. The standard InChI is InChI=1S/C16H19NO3/c18-15-8-17-7-10-5-12-13(20-9-19-12)6-11(10)16(15)4-2-1-3-14(16)17/h5-6,14-15,18H,1-4,7-9H2. The van der Waals surface area contributed by atoms with Gasteiger partial charge in [0.2, 0.25) is 6.79 Å². The maximum Gasteiger partial charge on any atom is 0.231 e. The van der Waals surface area contributed by atoms with E-state index in [0.29, 0.717) is 12.8 Å². The number of hydrogen-bond acceptors (Lipinski definition) is 4. The lowest BCUT2D eigenvalue weighted by atomic mass is 9.62. The molecule has 1 saturated carbocycles. The summed E-state index contributed by atoms with van der Waals surface area (Å²) in [5.74, 6) is 1.72. The van der Waals surface area contributed by atoms with Crippen molar-refractivity contribution in [3.8, 4) is 11.5 Å². The molecule has 0 aromatic heterocycles. The van der Waals surface area contributed by atoms with E-state index in [0.717, 1.165) is 31.0 Å². The molecule has 20 heavy (non-hydrogen) atoms. The monoisotopic (exact) mass is 273 g/mol. The number of aliphatic hydroxyl groups is 1. The minimum absolute atomic E-state index is 0.0627. The molecule has 4 aliphatic rings. The Morgan fingerprint density at radius 1 is 1.20 bits per heavy atom. The van der Waals surface area contributed by atoms with Crippen LogP contribution in [0.5, 0.6) is 11.5 Å². The normalized spacial score (nSPS) is 40.4. The van der Waals surface area contributed by atoms with Crippen LogP contribution in [0.25, 0.3) is 0 Å². The highest BCUT2D eigenvalue weighted by atomic mass is 16.7. The average Bonchev–Trinajstić information content (AvgIpc) is 2.99. The fourth-order valence-corrected chi connectivity index (χ4v) is 5.02. The van der Waals surface area contributed by atoms with Crippen molar-refractivity contribution in [2.24, 2.45) is 0 Å². The third kappa shape index (κ3) is 1.20. The topological polar surface area (TPSA) is 41.9 Å². The van der Waals surface area contributed by atoms with Crippen molar-refractivity contribution >= 4 is 0 Å². The molecule has 0 spiro atoms. The van der Waals surface area contributed by atoms with Crippen LogP contribution in [0.15, 0.2) is 12.1 Å². The summed E-state index contributed by atoms with van der Waals surface area (Å²) in [4.78, 5) is 2.48. The van der Waals surface area contributed by atoms with Gasteiger partial charge in [0.15, 0.2) is 11.5 Å². The lowest BCUT2D eigenvalue weighted by Crippen LogP contribution is -2.51. The van der Waals surface area contributed by atoms with Crippen LogP contribution in [-0.4, -0.2) is 35.5 Å². The van der Waals surface area contributed by atoms with Gasteiger partial charge in [-0.05, 0) is 36.1 Å². The molecule has 3 aliphatic heterocycles. The highest BCUT2D eigenvalue weighted by Gasteiger charge is 2.58. The molecule has 4 nitrogen and oxygen atoms in total. The number of ether oxygens (including phenoxy) is 2. The Kier molecular flexibility index (Phi) is 2.10. The summed E-state index contributed by atoms with van der Waals surface area (Å²) in [6.45, 7) is 2.07. The molecule has 2 bridgehead atoms. The second-order valence-electron chi connectivity index (χ2n) is 6.61. The second-order valence-corrected chi connectivity index (χ2v) is 6.61. The molecule has 3 heterocycles. The molecule has 1 N–H and O–H groups in total. The lowest BCUT2D eigenvalue weighted by Gasteiger charge is -2.47. The van der Waals surface area contributed by atoms with Crippen molar-refractivity contribution in [1.29, 1.82) is 0 Å². The summed E-state index contributed by atoms with van der Waals surface area (Å²) >= 11 is 0. The summed E-state index contributed by atoms with van der Waals surface area (Å²) in [7, 11) is 0. The zero-order valence-electron chi connectivity index (χ0n) is 11.5. The minimum atomic E-state index is -0.241. The molecule has 4 heteroatoms. The number of nitrogens with zero attached hydrogens (tertiary/aromatic N) is 1. The average molecular weight is 273 g/mol. The zero-order chi connectivity index (χ0) is 13.3. The molecule has 1 aromatic rings. The van der Waals surface area contributed by atoms with Gasteiger partial charge in [0, 0.05) is 24.5 Å². The van der Waals surface area contributed by atoms with Gasteiger partial charge < -0.3 is 14.6 Å². The van der Waals surface area contributed by atoms with Gasteiger partial charge in [0.05, 0.1) is 6.10 Å². The molecule has 0 amide bonds. The number of aliphatic hydroxyl groups excluding tert-OH is 1. The van der Waals surface area contributed by atoms with Gasteiger partial charge in [-0.1, -0.05) is 12.8 Å². The van der Waals surface area contributed by atoms with E-state index in [1.807, 2.05) is 0 Å². The van der Waals surface area contributed by atoms with Gasteiger partial charge in [-0.25, -0.2) is 0 Å². The number of fused-ring (bicyclic) bond motifs is 2. The second kappa shape index (κ2) is 3.68. The van der Waals surface area contributed by atoms with E-state index in [1.54, 1.807) is 0 Å². The third-order valence-electron chi connectivity index (χ3n) is 5.83. The van der Waals surface area contributed by atoms with Crippen molar-refractivity contribution in [2.45, 2.75) is 49.8 Å². The molecule has 0 radical (unpaired) electrons. The first-order valence-electron chi connectivity index (χ1n) is 7.64. The molecular weight excluding hydrogens is 254 g/mol. The van der Waals surface area contributed by atoms with Gasteiger partial charge >= 0.3 is 0 Å². The lowest BCUT2D eigenvalue weighted by molar-refractivity contribution is 0.0750. The van der Waals surface area contributed by atoms with E-state index in [-0.39, 0.29) is 11.5 Å². The van der Waals surface area contributed by atoms with Crippen LogP contribution < -0.4 is 9.47 Å². The van der Waals surface area contributed by atoms with Gasteiger partial charge in [-0.3, -0.25) is 4.90 Å². The number of rotatable bonds is 0. The molecule has 1 aromatic carbocycles. The molecule has 1 aliphatic carbocycles. The number of hydrogen-bond donors (Lipinski definition) is 1. The number of benzene rings is 1. The van der Waals surface area contributed by atoms with Gasteiger partial charge in [-0.15, -0.1) is 0 Å². The van der Waals surface area contributed by atoms with Crippen LogP contribution in [0.2, 0.25) is 0 Å². The van der Waals surface area contributed by atoms with Crippen LogP contribution >= 0.6 is 0 Å². The van der Waals surface area contributed by atoms with Crippen LogP contribution in [0.3, 0.4) is 0 Å². The highest BCUT2D eigenvalue weighted by molar-refractivity contribution is 5.54. The van der Waals surface area contributed by atoms with Crippen molar-refractivity contribution in [1.82, 2.24) is 4.90 Å². The molecule has 5 rings (SSSR count). The van der Waals surface area contributed by atoms with Gasteiger partial charge in [-0.2, -0.15) is 0 Å². The smallest absolute Gasteiger partial charge is 0.231 e. The largest absolute Gasteiger partial charge is 0.454 e. The molecular formula is C16H19NO3. The van der Waals surface area contributed by atoms with E-state index in [9.17, 15) is 5.11 Å². The van der Waals surface area contributed by atoms with E-state index >= 15 is 0 Å². The molecule has 4 atom stereocenters. The Morgan fingerprint density at radius 3 is 2.95 bits per heavy atom. The van der Waals surface area contributed by atoms with E-state index < -0.39 is 0 Å². The first-order chi connectivity index (χ1) is 9.79. The van der Waals surface area contributed by atoms with Gasteiger partial charge in [0.1, 0.15) is 0 Å². The molecule has 106 valence electrons. The minimum Gasteiger partial charge on any atom is -0.454 e. The Bertz CT molecular complexity index is 587. The molecule has 1 saturated heterocycles. The Hall–Kier alpha value is -1.26. The van der Waals surface area contributed by atoms with E-state index in [4.69, 9.17) is 9.47 Å². The molecule has 4 unspecified atom stereocenters. The van der Waals surface area contributed by atoms with Crippen molar-refractivity contribution < 1.29 is 14.6 Å². The van der Waals surface area contributed by atoms with Crippen LogP contribution in [-0.2, 0) is 12.0 Å². The SMILES string of the molecule is OC1CN2Cc3cc4c(cc3C13CCCCC23)OCO4. The Morgan fingerprint density at radius 2 is 2.05 bits per heavy atom. The predicted octanol–water partition coefficient (Wildman–Crippen LogP) is 1.79. The van der Waals surface area contributed by atoms with Crippen LogP contribution in [0, 0.1) is 0 Å². The summed E-state index contributed by atoms with van der Waals surface area (Å²) in [6, 6.07) is 4.80. The van der Waals surface area contributed by atoms with E-state index in [2.05, 4.69) is 17.0 Å². The zero-order valence-corrected chi connectivity index (χ0v) is 11.5. The molecule has 2 fully saturated rings. The fourth-order valence-electron chi connectivity index (χ4n) is 5.02. The summed E-state index contributed by atoms with van der Waals surface area (Å²) < 4.78 is 11.1. The van der Waals surface area contributed by atoms with Crippen molar-refractivity contribution in [3.05, 3.63) is 23.3 Å². The van der Waals surface area contributed by atoms with Crippen LogP contribution in [0.4, 0.5) is 0 Å². The maximum absolute atomic E-state index is 10.8. The Balaban J connectivity index is 1.74. The van der Waals surface area contributed by atoms with E-state index in [1.165, 1.54) is 30.4 Å². The summed E-state index contributed by atoms with van der Waals surface area (Å²) in [5, 5.41) is 10.8. The third-order valence-corrected chi connectivity index (χ3v) is 5.83. The van der Waals surface area contributed by atoms with Crippen molar-refractivity contribution in [2.75, 3.05) is 13.3 Å². The van der Waals surface area contributed by atoms with Crippen LogP contribution in [0.1, 0.15) is 36.8 Å². The van der Waals surface area contributed by atoms with Gasteiger partial charge in [0.25, 0.3) is 0 Å².